The molecule has 6 nitrogen and oxygen atoms in total. The number of hydrogen-bond acceptors (Lipinski definition) is 4. The van der Waals surface area contributed by atoms with Crippen LogP contribution in [-0.4, -0.2) is 22.2 Å². The van der Waals surface area contributed by atoms with E-state index in [9.17, 15) is 9.90 Å². The minimum Gasteiger partial charge on any atom is -0.493 e. The van der Waals surface area contributed by atoms with Gasteiger partial charge in [-0.1, -0.05) is 36.4 Å². The molecular weight excluding hydrogens is 306 g/mol. The fraction of sp³-hybridized carbons (Fsp3) is 0.167. The highest BCUT2D eigenvalue weighted by atomic mass is 16.5. The number of fused-ring (bicyclic) bond motifs is 1. The minimum atomic E-state index is -0.522. The van der Waals surface area contributed by atoms with Crippen LogP contribution in [0.3, 0.4) is 0 Å². The maximum absolute atomic E-state index is 11.8. The minimum absolute atomic E-state index is 0.000715. The Balaban J connectivity index is 1.78. The summed E-state index contributed by atoms with van der Waals surface area (Å²) in [5.74, 6) is 0.0669. The van der Waals surface area contributed by atoms with E-state index >= 15 is 0 Å². The lowest BCUT2D eigenvalue weighted by Crippen LogP contribution is -2.07. The molecule has 0 fully saturated rings. The highest BCUT2D eigenvalue weighted by molar-refractivity contribution is 5.95. The topological polar surface area (TPSA) is 76.2 Å². The van der Waals surface area contributed by atoms with E-state index in [1.807, 2.05) is 49.4 Å². The highest BCUT2D eigenvalue weighted by Crippen LogP contribution is 2.38. The van der Waals surface area contributed by atoms with Crippen molar-refractivity contribution in [3.05, 3.63) is 54.6 Å². The Morgan fingerprint density at radius 3 is 2.58 bits per heavy atom. The number of carbonyl (C=O) groups is 1. The number of rotatable bonds is 5. The van der Waals surface area contributed by atoms with Crippen LogP contribution >= 0.6 is 0 Å². The van der Waals surface area contributed by atoms with E-state index in [0.717, 1.165) is 10.9 Å². The van der Waals surface area contributed by atoms with Crippen molar-refractivity contribution >= 4 is 22.5 Å². The largest absolute Gasteiger partial charge is 0.493 e. The number of aryl methyl sites for hydroxylation is 1. The Morgan fingerprint density at radius 1 is 1.12 bits per heavy atom. The second-order valence-electron chi connectivity index (χ2n) is 5.13. The molecule has 24 heavy (non-hydrogen) atoms. The van der Waals surface area contributed by atoms with Gasteiger partial charge in [-0.2, -0.15) is 0 Å². The molecule has 2 aromatic carbocycles. The van der Waals surface area contributed by atoms with Crippen molar-refractivity contribution in [3.8, 4) is 11.6 Å². The second kappa shape index (κ2) is 6.95. The number of aromatic nitrogens is 1. The van der Waals surface area contributed by atoms with Crippen LogP contribution in [-0.2, 0) is 11.3 Å². The lowest BCUT2D eigenvalue weighted by Gasteiger charge is -2.01. The summed E-state index contributed by atoms with van der Waals surface area (Å²) in [5.41, 5.74) is 1.14. The van der Waals surface area contributed by atoms with Crippen molar-refractivity contribution in [1.82, 2.24) is 4.57 Å². The standard InChI is InChI=1S/C18H17N3O3/c1-2-21-15-11-7-6-10-14(15)17(18(21)23)20-19-16(22)12-24-13-8-4-3-5-9-13/h3-11,23H,2,12H2,1H3. The summed E-state index contributed by atoms with van der Waals surface area (Å²) in [6, 6.07) is 16.5. The fourth-order valence-electron chi connectivity index (χ4n) is 2.49. The molecule has 6 heteroatoms. The maximum atomic E-state index is 11.8. The smallest absolute Gasteiger partial charge is 0.302 e. The van der Waals surface area contributed by atoms with Gasteiger partial charge in [0.1, 0.15) is 5.75 Å². The highest BCUT2D eigenvalue weighted by Gasteiger charge is 2.15. The predicted molar refractivity (Wildman–Crippen MR) is 90.7 cm³/mol. The number of hydrogen-bond donors (Lipinski definition) is 1. The van der Waals surface area contributed by atoms with E-state index in [-0.39, 0.29) is 12.5 Å². The number of azo groups is 1. The maximum Gasteiger partial charge on any atom is 0.302 e. The molecule has 0 unspecified atom stereocenters. The molecule has 1 heterocycles. The van der Waals surface area contributed by atoms with Crippen LogP contribution in [0.2, 0.25) is 0 Å². The zero-order chi connectivity index (χ0) is 16.9. The van der Waals surface area contributed by atoms with Gasteiger partial charge < -0.3 is 14.4 Å². The summed E-state index contributed by atoms with van der Waals surface area (Å²) in [7, 11) is 0. The first kappa shape index (κ1) is 15.7. The van der Waals surface area contributed by atoms with Crippen LogP contribution in [0.5, 0.6) is 11.6 Å². The van der Waals surface area contributed by atoms with Crippen molar-refractivity contribution in [2.24, 2.45) is 10.2 Å². The number of amides is 1. The van der Waals surface area contributed by atoms with Crippen molar-refractivity contribution in [2.75, 3.05) is 6.61 Å². The Kier molecular flexibility index (Phi) is 4.56. The number of benzene rings is 2. The van der Waals surface area contributed by atoms with Crippen molar-refractivity contribution < 1.29 is 14.6 Å². The third kappa shape index (κ3) is 3.12. The third-order valence-electron chi connectivity index (χ3n) is 3.60. The molecule has 1 amide bonds. The second-order valence-corrected chi connectivity index (χ2v) is 5.13. The first-order valence-electron chi connectivity index (χ1n) is 7.63. The molecule has 0 saturated heterocycles. The molecule has 0 spiro atoms. The molecule has 0 aliphatic carbocycles. The van der Waals surface area contributed by atoms with Crippen LogP contribution in [0.15, 0.2) is 64.8 Å². The molecule has 0 radical (unpaired) electrons. The Bertz CT molecular complexity index is 885. The van der Waals surface area contributed by atoms with Gasteiger partial charge in [0, 0.05) is 11.9 Å². The molecule has 0 atom stereocenters. The summed E-state index contributed by atoms with van der Waals surface area (Å²) in [6.45, 7) is 2.31. The van der Waals surface area contributed by atoms with E-state index in [1.165, 1.54) is 0 Å². The summed E-state index contributed by atoms with van der Waals surface area (Å²) >= 11 is 0. The molecule has 3 rings (SSSR count). The molecule has 0 aliphatic heterocycles. The zero-order valence-electron chi connectivity index (χ0n) is 13.2. The van der Waals surface area contributed by atoms with Gasteiger partial charge >= 0.3 is 5.91 Å². The fourth-order valence-corrected chi connectivity index (χ4v) is 2.49. The van der Waals surface area contributed by atoms with Gasteiger partial charge in [0.25, 0.3) is 0 Å². The van der Waals surface area contributed by atoms with E-state index < -0.39 is 5.91 Å². The van der Waals surface area contributed by atoms with Crippen LogP contribution < -0.4 is 4.74 Å². The number of nitrogens with zero attached hydrogens (tertiary/aromatic N) is 3. The zero-order valence-corrected chi connectivity index (χ0v) is 13.2. The Hall–Kier alpha value is -3.15. The summed E-state index contributed by atoms with van der Waals surface area (Å²) in [4.78, 5) is 11.8. The number of carbonyl (C=O) groups excluding carboxylic acids is 1. The van der Waals surface area contributed by atoms with Crippen molar-refractivity contribution in [1.29, 1.82) is 0 Å². The van der Waals surface area contributed by atoms with Gasteiger partial charge in [0.15, 0.2) is 12.3 Å². The predicted octanol–water partition coefficient (Wildman–Crippen LogP) is 4.06. The van der Waals surface area contributed by atoms with E-state index in [1.54, 1.807) is 16.7 Å². The molecule has 0 bridgehead atoms. The number of para-hydroxylation sites is 2. The lowest BCUT2D eigenvalue weighted by molar-refractivity contribution is -0.120. The summed E-state index contributed by atoms with van der Waals surface area (Å²) in [6.07, 6.45) is 0. The summed E-state index contributed by atoms with van der Waals surface area (Å²) < 4.78 is 7.05. The molecule has 1 N–H and O–H groups in total. The first-order valence-corrected chi connectivity index (χ1v) is 7.63. The molecule has 3 aromatic rings. The molecule has 0 aliphatic rings. The Labute approximate surface area is 139 Å². The number of ether oxygens (including phenoxy) is 1. The molecule has 1 aromatic heterocycles. The van der Waals surface area contributed by atoms with E-state index in [0.29, 0.717) is 18.0 Å². The lowest BCUT2D eigenvalue weighted by atomic mass is 10.2. The summed E-state index contributed by atoms with van der Waals surface area (Å²) in [5, 5.41) is 18.6. The van der Waals surface area contributed by atoms with Crippen LogP contribution in [0.4, 0.5) is 5.69 Å². The first-order chi connectivity index (χ1) is 11.7. The van der Waals surface area contributed by atoms with Gasteiger partial charge in [-0.3, -0.25) is 4.79 Å². The molecule has 122 valence electrons. The Morgan fingerprint density at radius 2 is 1.83 bits per heavy atom. The van der Waals surface area contributed by atoms with Gasteiger partial charge in [0.2, 0.25) is 5.88 Å². The number of aromatic hydroxyl groups is 1. The van der Waals surface area contributed by atoms with Gasteiger partial charge in [-0.05, 0) is 25.1 Å². The van der Waals surface area contributed by atoms with Crippen molar-refractivity contribution in [3.63, 3.8) is 0 Å². The van der Waals surface area contributed by atoms with Crippen molar-refractivity contribution in [2.45, 2.75) is 13.5 Å². The van der Waals surface area contributed by atoms with Crippen LogP contribution in [0.1, 0.15) is 6.92 Å². The average Bonchev–Trinajstić information content (AvgIpc) is 2.90. The SMILES string of the molecule is CCn1c(O)c(N=NC(=O)COc2ccccc2)c2ccccc21. The van der Waals surface area contributed by atoms with E-state index in [2.05, 4.69) is 10.2 Å². The molecule has 0 saturated carbocycles. The van der Waals surface area contributed by atoms with E-state index in [4.69, 9.17) is 4.74 Å². The third-order valence-corrected chi connectivity index (χ3v) is 3.60. The van der Waals surface area contributed by atoms with Gasteiger partial charge in [-0.25, -0.2) is 0 Å². The average molecular weight is 323 g/mol. The quantitative estimate of drug-likeness (QED) is 0.719. The monoisotopic (exact) mass is 323 g/mol. The normalized spacial score (nSPS) is 11.2. The van der Waals surface area contributed by atoms with Gasteiger partial charge in [-0.15, -0.1) is 10.2 Å². The van der Waals surface area contributed by atoms with Crippen LogP contribution in [0.25, 0.3) is 10.9 Å². The van der Waals surface area contributed by atoms with Gasteiger partial charge in [0.05, 0.1) is 5.52 Å². The van der Waals surface area contributed by atoms with Crippen LogP contribution in [0, 0.1) is 0 Å². The molecular formula is C18H17N3O3.